The molecule has 1 saturated heterocycles. The van der Waals surface area contributed by atoms with Crippen LogP contribution in [0.15, 0.2) is 78.4 Å². The van der Waals surface area contributed by atoms with E-state index in [-0.39, 0.29) is 16.9 Å². The van der Waals surface area contributed by atoms with E-state index in [0.29, 0.717) is 27.6 Å². The molecule has 1 fully saturated rings. The van der Waals surface area contributed by atoms with E-state index < -0.39 is 23.7 Å². The van der Waals surface area contributed by atoms with Crippen LogP contribution in [0, 0.1) is 11.3 Å². The number of hydrogen-bond donors (Lipinski definition) is 1. The van der Waals surface area contributed by atoms with Gasteiger partial charge in [0.05, 0.1) is 23.2 Å². The zero-order valence-electron chi connectivity index (χ0n) is 17.9. The lowest BCUT2D eigenvalue weighted by molar-refractivity contribution is -0.132. The maximum Gasteiger partial charge on any atom is 0.308 e. The maximum absolute atomic E-state index is 13.1. The number of halogens is 1. The van der Waals surface area contributed by atoms with Gasteiger partial charge in [-0.25, -0.2) is 0 Å². The van der Waals surface area contributed by atoms with E-state index in [2.05, 4.69) is 0 Å². The van der Waals surface area contributed by atoms with Crippen molar-refractivity contribution in [3.63, 3.8) is 0 Å². The number of nitrogens with zero attached hydrogens (tertiary/aromatic N) is 2. The van der Waals surface area contributed by atoms with Crippen molar-refractivity contribution in [2.45, 2.75) is 13.0 Å². The first-order chi connectivity index (χ1) is 16.3. The minimum atomic E-state index is -0.974. The van der Waals surface area contributed by atoms with E-state index in [1.54, 1.807) is 42.5 Å². The van der Waals surface area contributed by atoms with Gasteiger partial charge >= 0.3 is 5.97 Å². The predicted octanol–water partition coefficient (Wildman–Crippen LogP) is 4.76. The third-order valence-corrected chi connectivity index (χ3v) is 5.51. The van der Waals surface area contributed by atoms with Gasteiger partial charge in [0.2, 0.25) is 0 Å². The lowest BCUT2D eigenvalue weighted by Gasteiger charge is -2.25. The van der Waals surface area contributed by atoms with Crippen LogP contribution in [-0.2, 0) is 14.4 Å². The number of Topliss-reactive ketones (excluding diaryl/α,β-unsaturated/α-hetero) is 1. The van der Waals surface area contributed by atoms with Gasteiger partial charge in [-0.1, -0.05) is 35.9 Å². The molecule has 0 bridgehead atoms. The number of carbonyl (C=O) groups excluding carboxylic acids is 3. The molecule has 1 N–H and O–H groups in total. The molecule has 0 aliphatic carbocycles. The topological polar surface area (TPSA) is 108 Å². The average molecular weight is 473 g/mol. The SMILES string of the molecule is CC(=O)Oc1ccc(C2/C(=C(/O)c3cccc(Cl)c3)C(=O)C(=O)N2c2ccc(C#N)cc2)cc1. The van der Waals surface area contributed by atoms with E-state index in [4.69, 9.17) is 21.6 Å². The summed E-state index contributed by atoms with van der Waals surface area (Å²) >= 11 is 6.06. The smallest absolute Gasteiger partial charge is 0.308 e. The maximum atomic E-state index is 13.1. The number of rotatable bonds is 4. The highest BCUT2D eigenvalue weighted by atomic mass is 35.5. The second-order valence-corrected chi connectivity index (χ2v) is 7.94. The zero-order valence-corrected chi connectivity index (χ0v) is 18.6. The first kappa shape index (κ1) is 22.8. The summed E-state index contributed by atoms with van der Waals surface area (Å²) in [4.78, 5) is 38.8. The number of aliphatic hydroxyl groups excluding tert-OH is 1. The Bertz CT molecular complexity index is 1370. The fraction of sp³-hybridized carbons (Fsp3) is 0.0769. The van der Waals surface area contributed by atoms with Gasteiger partial charge in [-0.15, -0.1) is 0 Å². The summed E-state index contributed by atoms with van der Waals surface area (Å²) in [6, 6.07) is 19.8. The van der Waals surface area contributed by atoms with Gasteiger partial charge in [0.25, 0.3) is 11.7 Å². The van der Waals surface area contributed by atoms with E-state index >= 15 is 0 Å². The van der Waals surface area contributed by atoms with Crippen molar-refractivity contribution in [2.24, 2.45) is 0 Å². The highest BCUT2D eigenvalue weighted by Gasteiger charge is 2.47. The monoisotopic (exact) mass is 472 g/mol. The minimum Gasteiger partial charge on any atom is -0.507 e. The molecule has 34 heavy (non-hydrogen) atoms. The third kappa shape index (κ3) is 4.27. The van der Waals surface area contributed by atoms with E-state index in [9.17, 15) is 19.5 Å². The fourth-order valence-corrected chi connectivity index (χ4v) is 3.98. The number of hydrogen-bond acceptors (Lipinski definition) is 6. The number of ether oxygens (including phenoxy) is 1. The van der Waals surface area contributed by atoms with Crippen LogP contribution in [0.5, 0.6) is 5.75 Å². The molecule has 0 radical (unpaired) electrons. The molecule has 1 aliphatic heterocycles. The molecule has 7 nitrogen and oxygen atoms in total. The Kier molecular flexibility index (Phi) is 6.17. The summed E-state index contributed by atoms with van der Waals surface area (Å²) in [5.74, 6) is -2.26. The van der Waals surface area contributed by atoms with Gasteiger partial charge < -0.3 is 9.84 Å². The molecular weight excluding hydrogens is 456 g/mol. The molecule has 8 heteroatoms. The molecule has 3 aromatic carbocycles. The second-order valence-electron chi connectivity index (χ2n) is 7.50. The molecule has 4 rings (SSSR count). The summed E-state index contributed by atoms with van der Waals surface area (Å²) in [5.41, 5.74) is 1.44. The van der Waals surface area contributed by atoms with Crippen LogP contribution in [0.1, 0.15) is 29.7 Å². The highest BCUT2D eigenvalue weighted by Crippen LogP contribution is 2.42. The van der Waals surface area contributed by atoms with Gasteiger partial charge in [0, 0.05) is 23.2 Å². The number of carbonyl (C=O) groups is 3. The lowest BCUT2D eigenvalue weighted by Crippen LogP contribution is -2.29. The normalized spacial score (nSPS) is 16.9. The quantitative estimate of drug-likeness (QED) is 0.193. The zero-order chi connectivity index (χ0) is 24.4. The summed E-state index contributed by atoms with van der Waals surface area (Å²) in [5, 5.41) is 20.5. The molecule has 0 aromatic heterocycles. The number of esters is 1. The summed E-state index contributed by atoms with van der Waals surface area (Å²) in [6.07, 6.45) is 0. The average Bonchev–Trinajstić information content (AvgIpc) is 3.09. The van der Waals surface area contributed by atoms with Crippen molar-refractivity contribution in [3.05, 3.63) is 100 Å². The number of anilines is 1. The van der Waals surface area contributed by atoms with Crippen LogP contribution in [0.25, 0.3) is 5.76 Å². The van der Waals surface area contributed by atoms with Gasteiger partial charge in [0.15, 0.2) is 0 Å². The summed E-state index contributed by atoms with van der Waals surface area (Å²) in [7, 11) is 0. The van der Waals surface area contributed by atoms with Crippen molar-refractivity contribution >= 4 is 40.7 Å². The number of benzene rings is 3. The van der Waals surface area contributed by atoms with Gasteiger partial charge in [0.1, 0.15) is 11.5 Å². The molecule has 1 atom stereocenters. The van der Waals surface area contributed by atoms with Crippen LogP contribution < -0.4 is 9.64 Å². The number of aliphatic hydroxyl groups is 1. The number of amides is 1. The van der Waals surface area contributed by atoms with Crippen molar-refractivity contribution < 1.29 is 24.2 Å². The minimum absolute atomic E-state index is 0.114. The van der Waals surface area contributed by atoms with Crippen molar-refractivity contribution in [3.8, 4) is 11.8 Å². The van der Waals surface area contributed by atoms with Crippen LogP contribution in [-0.4, -0.2) is 22.8 Å². The number of ketones is 1. The molecule has 168 valence electrons. The van der Waals surface area contributed by atoms with E-state index in [1.807, 2.05) is 6.07 Å². The molecule has 3 aromatic rings. The molecule has 0 saturated carbocycles. The van der Waals surface area contributed by atoms with Crippen LogP contribution in [0.2, 0.25) is 5.02 Å². The Morgan fingerprint density at radius 1 is 1.06 bits per heavy atom. The van der Waals surface area contributed by atoms with Gasteiger partial charge in [-0.2, -0.15) is 5.26 Å². The first-order valence-corrected chi connectivity index (χ1v) is 10.5. The van der Waals surface area contributed by atoms with Crippen molar-refractivity contribution in [2.75, 3.05) is 4.90 Å². The molecule has 1 aliphatic rings. The van der Waals surface area contributed by atoms with E-state index in [0.717, 1.165) is 0 Å². The second kappa shape index (κ2) is 9.22. The summed E-state index contributed by atoms with van der Waals surface area (Å²) < 4.78 is 5.07. The highest BCUT2D eigenvalue weighted by molar-refractivity contribution is 6.51. The van der Waals surface area contributed by atoms with Crippen LogP contribution >= 0.6 is 11.6 Å². The van der Waals surface area contributed by atoms with Crippen molar-refractivity contribution in [1.29, 1.82) is 5.26 Å². The Balaban J connectivity index is 1.90. The molecule has 1 amide bonds. The predicted molar refractivity (Wildman–Crippen MR) is 125 cm³/mol. The Hall–Kier alpha value is -4.41. The number of nitriles is 1. The largest absolute Gasteiger partial charge is 0.507 e. The Morgan fingerprint density at radius 2 is 1.74 bits per heavy atom. The van der Waals surface area contributed by atoms with Gasteiger partial charge in [-0.3, -0.25) is 19.3 Å². The van der Waals surface area contributed by atoms with E-state index in [1.165, 1.54) is 42.2 Å². The standard InChI is InChI=1S/C26H17ClN2O5/c1-15(30)34-21-11-7-17(8-12-21)23-22(24(31)18-3-2-4-19(27)13-18)25(32)26(33)29(23)20-9-5-16(14-28)6-10-20/h2-13,23,31H,1H3/b24-22-. The van der Waals surface area contributed by atoms with Crippen LogP contribution in [0.3, 0.4) is 0 Å². The molecular formula is C26H17ClN2O5. The molecule has 1 unspecified atom stereocenters. The fourth-order valence-electron chi connectivity index (χ4n) is 3.79. The third-order valence-electron chi connectivity index (χ3n) is 5.27. The Labute approximate surface area is 200 Å². The molecule has 1 heterocycles. The Morgan fingerprint density at radius 3 is 2.32 bits per heavy atom. The lowest BCUT2D eigenvalue weighted by atomic mass is 9.95. The molecule has 0 spiro atoms. The van der Waals surface area contributed by atoms with Crippen molar-refractivity contribution in [1.82, 2.24) is 0 Å². The van der Waals surface area contributed by atoms with Crippen LogP contribution in [0.4, 0.5) is 5.69 Å². The van der Waals surface area contributed by atoms with Gasteiger partial charge in [-0.05, 0) is 54.1 Å². The first-order valence-electron chi connectivity index (χ1n) is 10.2. The summed E-state index contributed by atoms with van der Waals surface area (Å²) in [6.45, 7) is 1.28.